The van der Waals surface area contributed by atoms with E-state index in [0.717, 1.165) is 29.1 Å². The first-order chi connectivity index (χ1) is 15.9. The summed E-state index contributed by atoms with van der Waals surface area (Å²) in [6.45, 7) is 6.94. The maximum Gasteiger partial charge on any atom is 0.224 e. The van der Waals surface area contributed by atoms with Crippen LogP contribution >= 0.6 is 0 Å². The minimum atomic E-state index is -1.70. The summed E-state index contributed by atoms with van der Waals surface area (Å²) in [5.74, 6) is 0.334. The van der Waals surface area contributed by atoms with Gasteiger partial charge < -0.3 is 5.32 Å². The highest BCUT2D eigenvalue weighted by molar-refractivity contribution is 6.89. The van der Waals surface area contributed by atoms with Gasteiger partial charge in [-0.1, -0.05) is 96.6 Å². The lowest BCUT2D eigenvalue weighted by Gasteiger charge is -2.28. The largest absolute Gasteiger partial charge is 0.324 e. The number of amides is 1. The third-order valence-corrected chi connectivity index (χ3v) is 9.87. The van der Waals surface area contributed by atoms with Crippen LogP contribution in [0.3, 0.4) is 0 Å². The molecule has 33 heavy (non-hydrogen) atoms. The van der Waals surface area contributed by atoms with E-state index in [0.29, 0.717) is 6.42 Å². The molecule has 168 valence electrons. The smallest absolute Gasteiger partial charge is 0.224 e. The highest BCUT2D eigenvalue weighted by atomic mass is 28.3. The molecule has 0 aliphatic heterocycles. The van der Waals surface area contributed by atoms with Crippen LogP contribution in [-0.2, 0) is 11.2 Å². The topological polar surface area (TPSA) is 42.0 Å². The van der Waals surface area contributed by atoms with Crippen LogP contribution in [-0.4, -0.2) is 19.0 Å². The fraction of sp³-hybridized carbons (Fsp3) is 0.241. The molecular formula is C29H32N2OSi. The maximum absolute atomic E-state index is 13.2. The van der Waals surface area contributed by atoms with E-state index in [1.54, 1.807) is 6.20 Å². The number of aromatic nitrogens is 1. The molecule has 0 radical (unpaired) electrons. The van der Waals surface area contributed by atoms with E-state index in [4.69, 9.17) is 0 Å². The van der Waals surface area contributed by atoms with Crippen molar-refractivity contribution in [2.24, 2.45) is 5.92 Å². The van der Waals surface area contributed by atoms with Crippen molar-refractivity contribution >= 4 is 35.8 Å². The Labute approximate surface area is 197 Å². The second-order valence-electron chi connectivity index (χ2n) is 9.64. The number of nitrogens with one attached hydrogen (secondary N) is 1. The number of carbonyl (C=O) groups excluding carboxylic acids is 1. The molecule has 1 heterocycles. The Hall–Kier alpha value is -3.24. The summed E-state index contributed by atoms with van der Waals surface area (Å²) >= 11 is 0. The fourth-order valence-corrected chi connectivity index (χ4v) is 7.73. The predicted octanol–water partition coefficient (Wildman–Crippen LogP) is 6.35. The Balaban J connectivity index is 1.54. The molecule has 0 aliphatic rings. The summed E-state index contributed by atoms with van der Waals surface area (Å²) in [5.41, 5.74) is 4.17. The average Bonchev–Trinajstić information content (AvgIpc) is 2.81. The Morgan fingerprint density at radius 3 is 2.39 bits per heavy atom. The zero-order valence-electron chi connectivity index (χ0n) is 19.7. The van der Waals surface area contributed by atoms with Crippen molar-refractivity contribution in [3.8, 4) is 0 Å². The predicted molar refractivity (Wildman–Crippen MR) is 142 cm³/mol. The SMILES string of the molecule is Cc1ccc(CC(CC(=O)Nc2cccc3cccnc23)C[Si](C)(C)c2ccccc2)cc1. The second-order valence-corrected chi connectivity index (χ2v) is 14.4. The van der Waals surface area contributed by atoms with Gasteiger partial charge in [-0.2, -0.15) is 0 Å². The molecule has 4 aromatic rings. The molecule has 0 bridgehead atoms. The minimum absolute atomic E-state index is 0.0585. The summed E-state index contributed by atoms with van der Waals surface area (Å²) in [6, 6.07) is 30.5. The minimum Gasteiger partial charge on any atom is -0.324 e. The van der Waals surface area contributed by atoms with E-state index in [9.17, 15) is 4.79 Å². The van der Waals surface area contributed by atoms with Crippen LogP contribution in [0.15, 0.2) is 91.1 Å². The molecule has 4 heteroatoms. The molecule has 1 N–H and O–H groups in total. The highest BCUT2D eigenvalue weighted by Gasteiger charge is 2.29. The Morgan fingerprint density at radius 1 is 0.909 bits per heavy atom. The van der Waals surface area contributed by atoms with Crippen LogP contribution in [0, 0.1) is 12.8 Å². The molecule has 1 atom stereocenters. The fourth-order valence-electron chi connectivity index (χ4n) is 4.67. The molecule has 0 saturated carbocycles. The molecule has 3 nitrogen and oxygen atoms in total. The number of anilines is 1. The van der Waals surface area contributed by atoms with Crippen molar-refractivity contribution in [1.82, 2.24) is 4.98 Å². The summed E-state index contributed by atoms with van der Waals surface area (Å²) < 4.78 is 0. The van der Waals surface area contributed by atoms with Crippen LogP contribution in [0.5, 0.6) is 0 Å². The summed E-state index contributed by atoms with van der Waals surface area (Å²) in [4.78, 5) is 17.7. The molecule has 0 fully saturated rings. The summed E-state index contributed by atoms with van der Waals surface area (Å²) in [6.07, 6.45) is 3.18. The molecule has 1 amide bonds. The van der Waals surface area contributed by atoms with E-state index in [1.807, 2.05) is 30.3 Å². The van der Waals surface area contributed by atoms with Gasteiger partial charge in [0, 0.05) is 18.0 Å². The Morgan fingerprint density at radius 2 is 1.64 bits per heavy atom. The quantitative estimate of drug-likeness (QED) is 0.317. The molecule has 0 spiro atoms. The monoisotopic (exact) mass is 452 g/mol. The molecule has 3 aromatic carbocycles. The van der Waals surface area contributed by atoms with E-state index in [2.05, 4.69) is 84.9 Å². The number of nitrogens with zero attached hydrogens (tertiary/aromatic N) is 1. The average molecular weight is 453 g/mol. The zero-order chi connectivity index (χ0) is 23.3. The first-order valence-electron chi connectivity index (χ1n) is 11.7. The van der Waals surface area contributed by atoms with E-state index < -0.39 is 8.07 Å². The van der Waals surface area contributed by atoms with Gasteiger partial charge in [0.25, 0.3) is 0 Å². The lowest BCUT2D eigenvalue weighted by molar-refractivity contribution is -0.116. The van der Waals surface area contributed by atoms with E-state index >= 15 is 0 Å². The number of para-hydroxylation sites is 1. The van der Waals surface area contributed by atoms with E-state index in [1.165, 1.54) is 16.3 Å². The number of hydrogen-bond acceptors (Lipinski definition) is 2. The van der Waals surface area contributed by atoms with Crippen LogP contribution in [0.2, 0.25) is 19.1 Å². The lowest BCUT2D eigenvalue weighted by Crippen LogP contribution is -2.43. The van der Waals surface area contributed by atoms with Gasteiger partial charge in [-0.25, -0.2) is 0 Å². The van der Waals surface area contributed by atoms with Crippen LogP contribution in [0.1, 0.15) is 17.5 Å². The molecule has 1 aromatic heterocycles. The standard InChI is InChI=1S/C29H32N2OSi/c1-22-14-16-23(17-15-22)19-24(21-33(2,3)26-11-5-4-6-12-26)20-28(32)31-27-13-7-9-25-10-8-18-30-29(25)27/h4-18,24H,19-21H2,1-3H3,(H,31,32). The van der Waals surface area contributed by atoms with Gasteiger partial charge in [-0.15, -0.1) is 0 Å². The van der Waals surface area contributed by atoms with Crippen molar-refractivity contribution in [2.45, 2.75) is 38.9 Å². The summed E-state index contributed by atoms with van der Waals surface area (Å²) in [7, 11) is -1.70. The molecule has 0 aliphatic carbocycles. The first kappa shape index (κ1) is 22.9. The zero-order valence-corrected chi connectivity index (χ0v) is 20.7. The number of fused-ring (bicyclic) bond motifs is 1. The van der Waals surface area contributed by atoms with Crippen molar-refractivity contribution in [3.63, 3.8) is 0 Å². The normalized spacial score (nSPS) is 12.5. The van der Waals surface area contributed by atoms with Crippen molar-refractivity contribution in [2.75, 3.05) is 5.32 Å². The van der Waals surface area contributed by atoms with E-state index in [-0.39, 0.29) is 11.8 Å². The highest BCUT2D eigenvalue weighted by Crippen LogP contribution is 2.26. The molecular weight excluding hydrogens is 420 g/mol. The maximum atomic E-state index is 13.2. The van der Waals surface area contributed by atoms with Crippen LogP contribution in [0.4, 0.5) is 5.69 Å². The number of rotatable bonds is 8. The van der Waals surface area contributed by atoms with Crippen molar-refractivity contribution in [1.29, 1.82) is 0 Å². The third kappa shape index (κ3) is 5.96. The van der Waals surface area contributed by atoms with Gasteiger partial charge in [0.05, 0.1) is 19.3 Å². The Bertz CT molecular complexity index is 1210. The van der Waals surface area contributed by atoms with Crippen molar-refractivity contribution < 1.29 is 4.79 Å². The third-order valence-electron chi connectivity index (χ3n) is 6.38. The Kier molecular flexibility index (Phi) is 7.04. The molecule has 0 saturated heterocycles. The van der Waals surface area contributed by atoms with Crippen LogP contribution in [0.25, 0.3) is 10.9 Å². The number of benzene rings is 3. The van der Waals surface area contributed by atoms with Gasteiger partial charge in [0.1, 0.15) is 0 Å². The molecule has 1 unspecified atom stereocenters. The first-order valence-corrected chi connectivity index (χ1v) is 14.9. The van der Waals surface area contributed by atoms with Gasteiger partial charge in [0.15, 0.2) is 0 Å². The molecule has 4 rings (SSSR count). The van der Waals surface area contributed by atoms with Gasteiger partial charge in [0.2, 0.25) is 5.91 Å². The number of carbonyl (C=O) groups is 1. The van der Waals surface area contributed by atoms with Gasteiger partial charge >= 0.3 is 0 Å². The van der Waals surface area contributed by atoms with Gasteiger partial charge in [-0.05, 0) is 43.0 Å². The lowest BCUT2D eigenvalue weighted by atomic mass is 9.96. The number of hydrogen-bond donors (Lipinski definition) is 1. The number of pyridine rings is 1. The second kappa shape index (κ2) is 10.1. The van der Waals surface area contributed by atoms with Crippen molar-refractivity contribution in [3.05, 3.63) is 102 Å². The van der Waals surface area contributed by atoms with Crippen LogP contribution < -0.4 is 10.5 Å². The number of aryl methyl sites for hydroxylation is 1. The summed E-state index contributed by atoms with van der Waals surface area (Å²) in [5, 5.41) is 5.62. The van der Waals surface area contributed by atoms with Gasteiger partial charge in [-0.3, -0.25) is 9.78 Å².